The summed E-state index contributed by atoms with van der Waals surface area (Å²) in [7, 11) is 0. The minimum atomic E-state index is -0.738. The predicted molar refractivity (Wildman–Crippen MR) is 170 cm³/mol. The van der Waals surface area contributed by atoms with E-state index in [4.69, 9.17) is 0 Å². The summed E-state index contributed by atoms with van der Waals surface area (Å²) in [5.74, 6) is -2.15. The van der Waals surface area contributed by atoms with E-state index in [-0.39, 0.29) is 34.6 Å². The van der Waals surface area contributed by atoms with E-state index >= 15 is 0 Å². The fraction of sp³-hybridized carbons (Fsp3) is 0.250. The Bertz CT molecular complexity index is 1740. The zero-order valence-electron chi connectivity index (χ0n) is 23.2. The molecule has 0 spiro atoms. The molecule has 0 bridgehead atoms. The molecule has 42 heavy (non-hydrogen) atoms. The maximum Gasteiger partial charge on any atom is 0.308 e. The number of rotatable bonds is 5. The minimum Gasteiger partial charge on any atom is -0.325 e. The van der Waals surface area contributed by atoms with Crippen molar-refractivity contribution in [2.45, 2.75) is 48.9 Å². The van der Waals surface area contributed by atoms with Gasteiger partial charge in [0.15, 0.2) is 0 Å². The zero-order valence-corrected chi connectivity index (χ0v) is 26.4. The maximum atomic E-state index is 14.1. The summed E-state index contributed by atoms with van der Waals surface area (Å²) in [5, 5.41) is 2.67. The number of carbonyl (C=O) groups is 3. The Kier molecular flexibility index (Phi) is 7.49. The van der Waals surface area contributed by atoms with E-state index in [2.05, 4.69) is 42.0 Å². The molecule has 7 nitrogen and oxygen atoms in total. The van der Waals surface area contributed by atoms with E-state index in [0.29, 0.717) is 21.3 Å². The summed E-state index contributed by atoms with van der Waals surface area (Å²) in [5.41, 5.74) is 3.08. The van der Waals surface area contributed by atoms with E-state index in [1.807, 2.05) is 42.5 Å². The van der Waals surface area contributed by atoms with Crippen LogP contribution >= 0.6 is 39.0 Å². The quantitative estimate of drug-likeness (QED) is 0.250. The highest BCUT2D eigenvalue weighted by molar-refractivity contribution is 9.10. The molecule has 0 radical (unpaired) electrons. The van der Waals surface area contributed by atoms with Gasteiger partial charge in [0.25, 0.3) is 0 Å². The highest BCUT2D eigenvalue weighted by Gasteiger charge is 2.56. The number of aromatic nitrogens is 1. The molecule has 2 aliphatic heterocycles. The van der Waals surface area contributed by atoms with Crippen LogP contribution in [0.3, 0.4) is 0 Å². The number of para-hydroxylation sites is 1. The minimum absolute atomic E-state index is 0.0631. The van der Waals surface area contributed by atoms with Crippen LogP contribution in [-0.4, -0.2) is 27.5 Å². The molecular formula is C32H28BrN3O4S2. The second-order valence-electron chi connectivity index (χ2n) is 11.4. The fourth-order valence-electron chi connectivity index (χ4n) is 5.52. The lowest BCUT2D eigenvalue weighted by atomic mass is 9.81. The summed E-state index contributed by atoms with van der Waals surface area (Å²) >= 11 is 5.68. The Morgan fingerprint density at radius 3 is 2.21 bits per heavy atom. The number of thioether (sulfide) groups is 1. The Hall–Kier alpha value is -3.47. The van der Waals surface area contributed by atoms with Crippen molar-refractivity contribution in [3.05, 3.63) is 109 Å². The number of thiazole rings is 1. The molecule has 1 saturated heterocycles. The Balaban J connectivity index is 1.43. The molecular weight excluding hydrogens is 634 g/mol. The second kappa shape index (κ2) is 11.0. The number of halogens is 1. The van der Waals surface area contributed by atoms with Gasteiger partial charge in [-0.1, -0.05) is 102 Å². The van der Waals surface area contributed by atoms with Crippen molar-refractivity contribution in [3.8, 4) is 0 Å². The van der Waals surface area contributed by atoms with Gasteiger partial charge in [-0.3, -0.25) is 23.7 Å². The van der Waals surface area contributed by atoms with Crippen LogP contribution in [0.25, 0.3) is 0 Å². The highest BCUT2D eigenvalue weighted by atomic mass is 79.9. The van der Waals surface area contributed by atoms with Crippen molar-refractivity contribution in [1.29, 1.82) is 0 Å². The Morgan fingerprint density at radius 2 is 1.57 bits per heavy atom. The smallest absolute Gasteiger partial charge is 0.308 e. The highest BCUT2D eigenvalue weighted by Crippen LogP contribution is 2.54. The molecule has 4 aromatic rings. The average Bonchev–Trinajstić information content (AvgIpc) is 3.40. The number of amides is 3. The van der Waals surface area contributed by atoms with Crippen molar-refractivity contribution in [1.82, 2.24) is 4.57 Å². The lowest BCUT2D eigenvalue weighted by Crippen LogP contribution is -2.33. The van der Waals surface area contributed by atoms with Crippen LogP contribution in [0.1, 0.15) is 42.7 Å². The van der Waals surface area contributed by atoms with Gasteiger partial charge in [0, 0.05) is 21.0 Å². The van der Waals surface area contributed by atoms with E-state index in [1.165, 1.54) is 21.2 Å². The number of fused-ring (bicyclic) bond motifs is 2. The molecule has 3 atom stereocenters. The van der Waals surface area contributed by atoms with Crippen molar-refractivity contribution >= 4 is 68.1 Å². The lowest BCUT2D eigenvalue weighted by Gasteiger charge is -2.31. The van der Waals surface area contributed by atoms with Crippen LogP contribution in [0, 0.1) is 5.92 Å². The summed E-state index contributed by atoms with van der Waals surface area (Å²) in [6, 6.07) is 24.2. The first-order valence-corrected chi connectivity index (χ1v) is 16.0. The third kappa shape index (κ3) is 5.16. The Morgan fingerprint density at radius 1 is 0.905 bits per heavy atom. The monoisotopic (exact) mass is 661 g/mol. The van der Waals surface area contributed by atoms with Gasteiger partial charge in [-0.05, 0) is 52.9 Å². The van der Waals surface area contributed by atoms with Crippen molar-refractivity contribution in [3.63, 3.8) is 0 Å². The number of carbonyl (C=O) groups excluding carboxylic acids is 3. The molecule has 10 heteroatoms. The van der Waals surface area contributed by atoms with Crippen molar-refractivity contribution in [2.24, 2.45) is 5.92 Å². The molecule has 0 aliphatic carbocycles. The molecule has 214 valence electrons. The summed E-state index contributed by atoms with van der Waals surface area (Å²) in [4.78, 5) is 56.0. The topological polar surface area (TPSA) is 88.5 Å². The number of benzene rings is 3. The molecule has 1 aromatic heterocycles. The molecule has 2 aliphatic rings. The van der Waals surface area contributed by atoms with Crippen LogP contribution in [0.4, 0.5) is 11.4 Å². The number of nitrogens with one attached hydrogen (secondary N) is 1. The van der Waals surface area contributed by atoms with Gasteiger partial charge in [0.2, 0.25) is 17.7 Å². The van der Waals surface area contributed by atoms with E-state index < -0.39 is 17.1 Å². The molecule has 3 amide bonds. The first kappa shape index (κ1) is 28.6. The number of anilines is 2. The first-order valence-electron chi connectivity index (χ1n) is 13.5. The van der Waals surface area contributed by atoms with Crippen LogP contribution in [0.15, 0.2) is 93.2 Å². The van der Waals surface area contributed by atoms with Crippen LogP contribution in [-0.2, 0) is 26.3 Å². The molecule has 3 aromatic carbocycles. The summed E-state index contributed by atoms with van der Waals surface area (Å²) in [6.07, 6.45) is 0. The standard InChI is InChI=1S/C32H28BrN3O4S2/c1-32(2,3)19-11-9-18(10-12-19)24-25-26(29(39)36(28(25)38)22-15-13-20(33)14-16-22)41-30-27(24)42-31(40)35(30)17-23(37)34-21-7-5-4-6-8-21/h4-16,24-26H,17H2,1-3H3,(H,34,37)/t24-,25?,26?/m0/s1. The van der Waals surface area contributed by atoms with Gasteiger partial charge in [-0.15, -0.1) is 0 Å². The first-order chi connectivity index (χ1) is 20.0. The zero-order chi connectivity index (χ0) is 29.8. The second-order valence-corrected chi connectivity index (χ2v) is 14.5. The number of imide groups is 1. The number of nitrogens with zero attached hydrogens (tertiary/aromatic N) is 2. The van der Waals surface area contributed by atoms with E-state index in [0.717, 1.165) is 26.9 Å². The third-order valence-corrected chi connectivity index (χ3v) is 10.8. The van der Waals surface area contributed by atoms with E-state index in [9.17, 15) is 19.2 Å². The van der Waals surface area contributed by atoms with Crippen LogP contribution in [0.2, 0.25) is 0 Å². The summed E-state index contributed by atoms with van der Waals surface area (Å²) in [6.45, 7) is 6.21. The summed E-state index contributed by atoms with van der Waals surface area (Å²) < 4.78 is 2.28. The fourth-order valence-corrected chi connectivity index (χ4v) is 8.55. The van der Waals surface area contributed by atoms with Crippen LogP contribution < -0.4 is 15.1 Å². The predicted octanol–water partition coefficient (Wildman–Crippen LogP) is 6.40. The maximum absolute atomic E-state index is 14.1. The molecule has 1 N–H and O–H groups in total. The van der Waals surface area contributed by atoms with Gasteiger partial charge >= 0.3 is 4.87 Å². The third-order valence-electron chi connectivity index (χ3n) is 7.63. The number of hydrogen-bond donors (Lipinski definition) is 1. The lowest BCUT2D eigenvalue weighted by molar-refractivity contribution is -0.122. The van der Waals surface area contributed by atoms with Crippen molar-refractivity contribution in [2.75, 3.05) is 10.2 Å². The van der Waals surface area contributed by atoms with Gasteiger partial charge in [0.1, 0.15) is 11.8 Å². The van der Waals surface area contributed by atoms with Gasteiger partial charge < -0.3 is 5.32 Å². The molecule has 3 heterocycles. The normalized spacial score (nSPS) is 19.9. The molecule has 2 unspecified atom stereocenters. The molecule has 0 saturated carbocycles. The van der Waals surface area contributed by atoms with Gasteiger partial charge in [-0.2, -0.15) is 0 Å². The molecule has 6 rings (SSSR count). The van der Waals surface area contributed by atoms with E-state index in [1.54, 1.807) is 36.4 Å². The van der Waals surface area contributed by atoms with Crippen LogP contribution in [0.5, 0.6) is 0 Å². The SMILES string of the molecule is CC(C)(C)c1ccc([C@@H]2c3sc(=O)n(CC(=O)Nc4ccccc4)c3SC3C(=O)N(c4ccc(Br)cc4)C(=O)C32)cc1. The number of hydrogen-bond acceptors (Lipinski definition) is 6. The van der Waals surface area contributed by atoms with Crippen molar-refractivity contribution < 1.29 is 14.4 Å². The average molecular weight is 663 g/mol. The largest absolute Gasteiger partial charge is 0.325 e. The molecule has 1 fully saturated rings. The Labute approximate surface area is 260 Å². The van der Waals surface area contributed by atoms with Gasteiger partial charge in [0.05, 0.1) is 16.6 Å². The van der Waals surface area contributed by atoms with Gasteiger partial charge in [-0.25, -0.2) is 4.90 Å².